The second-order valence-electron chi connectivity index (χ2n) is 3.87. The number of rotatable bonds is 8. The summed E-state index contributed by atoms with van der Waals surface area (Å²) >= 11 is 3.84. The lowest BCUT2D eigenvalue weighted by Gasteiger charge is -2.34. The Bertz CT molecular complexity index is 124. The summed E-state index contributed by atoms with van der Waals surface area (Å²) in [7, 11) is -1.48. The second-order valence-corrected chi connectivity index (χ2v) is 9.94. The molecule has 0 radical (unpaired) electrons. The Morgan fingerprint density at radius 1 is 1.07 bits per heavy atom. The minimum atomic E-state index is -1.48. The third-order valence-corrected chi connectivity index (χ3v) is 11.0. The van der Waals surface area contributed by atoms with E-state index in [1.54, 1.807) is 0 Å². The molecular formula is C11H25BrOSi. The molecule has 0 aliphatic carbocycles. The molecule has 0 heterocycles. The standard InChI is InChI=1S/C11H25BrOSi/c1-5-9-14(10-6-2,13-8-4)11(12)7-3/h11H,5-10H2,1-4H3. The Morgan fingerprint density at radius 2 is 1.57 bits per heavy atom. The molecule has 86 valence electrons. The van der Waals surface area contributed by atoms with Crippen molar-refractivity contribution in [2.75, 3.05) is 6.61 Å². The van der Waals surface area contributed by atoms with Crippen LogP contribution >= 0.6 is 15.9 Å². The van der Waals surface area contributed by atoms with Crippen LogP contribution in [0.2, 0.25) is 12.1 Å². The number of alkyl halides is 1. The Morgan fingerprint density at radius 3 is 1.86 bits per heavy atom. The Kier molecular flexibility index (Phi) is 8.26. The summed E-state index contributed by atoms with van der Waals surface area (Å²) in [6, 6.07) is 2.61. The molecule has 1 atom stereocenters. The van der Waals surface area contributed by atoms with Gasteiger partial charge in [0.1, 0.15) is 0 Å². The minimum Gasteiger partial charge on any atom is -0.416 e. The third kappa shape index (κ3) is 4.03. The smallest absolute Gasteiger partial charge is 0.206 e. The predicted molar refractivity (Wildman–Crippen MR) is 70.6 cm³/mol. The molecule has 0 amide bonds. The highest BCUT2D eigenvalue weighted by molar-refractivity contribution is 9.10. The average molecular weight is 281 g/mol. The Balaban J connectivity index is 4.53. The van der Waals surface area contributed by atoms with Crippen LogP contribution in [0, 0.1) is 0 Å². The van der Waals surface area contributed by atoms with Crippen molar-refractivity contribution in [2.45, 2.75) is 63.5 Å². The van der Waals surface area contributed by atoms with E-state index in [1.807, 2.05) is 0 Å². The fourth-order valence-corrected chi connectivity index (χ4v) is 8.31. The van der Waals surface area contributed by atoms with Crippen LogP contribution in [0.1, 0.15) is 47.0 Å². The Labute approximate surface area is 98.9 Å². The van der Waals surface area contributed by atoms with Gasteiger partial charge in [0.05, 0.1) is 0 Å². The molecule has 0 aromatic rings. The molecule has 0 N–H and O–H groups in total. The van der Waals surface area contributed by atoms with E-state index in [1.165, 1.54) is 31.4 Å². The van der Waals surface area contributed by atoms with Crippen molar-refractivity contribution in [1.29, 1.82) is 0 Å². The molecular weight excluding hydrogens is 256 g/mol. The fraction of sp³-hybridized carbons (Fsp3) is 1.00. The molecule has 0 spiro atoms. The molecule has 1 nitrogen and oxygen atoms in total. The highest BCUT2D eigenvalue weighted by atomic mass is 79.9. The summed E-state index contributed by atoms with van der Waals surface area (Å²) in [5.41, 5.74) is 0. The van der Waals surface area contributed by atoms with Gasteiger partial charge < -0.3 is 4.43 Å². The summed E-state index contributed by atoms with van der Waals surface area (Å²) in [5, 5.41) is 0. The molecule has 0 aliphatic rings. The zero-order valence-corrected chi connectivity index (χ0v) is 12.7. The quantitative estimate of drug-likeness (QED) is 0.470. The Hall–Kier alpha value is 0.657. The van der Waals surface area contributed by atoms with Crippen molar-refractivity contribution >= 4 is 24.2 Å². The maximum absolute atomic E-state index is 6.16. The van der Waals surface area contributed by atoms with Crippen LogP contribution in [-0.4, -0.2) is 19.4 Å². The van der Waals surface area contributed by atoms with Crippen LogP contribution in [0.25, 0.3) is 0 Å². The zero-order valence-electron chi connectivity index (χ0n) is 10.1. The van der Waals surface area contributed by atoms with Crippen LogP contribution in [0.3, 0.4) is 0 Å². The highest BCUT2D eigenvalue weighted by Crippen LogP contribution is 2.31. The molecule has 0 bridgehead atoms. The second kappa shape index (κ2) is 7.89. The largest absolute Gasteiger partial charge is 0.416 e. The lowest BCUT2D eigenvalue weighted by molar-refractivity contribution is 0.315. The number of hydrogen-bond donors (Lipinski definition) is 0. The van der Waals surface area contributed by atoms with Crippen LogP contribution in [-0.2, 0) is 4.43 Å². The molecule has 0 aromatic heterocycles. The summed E-state index contributed by atoms with van der Waals surface area (Å²) in [5.74, 6) is 0. The topological polar surface area (TPSA) is 9.23 Å². The number of hydrogen-bond acceptors (Lipinski definition) is 1. The maximum atomic E-state index is 6.16. The predicted octanol–water partition coefficient (Wildman–Crippen LogP) is 4.50. The van der Waals surface area contributed by atoms with E-state index in [-0.39, 0.29) is 0 Å². The number of halogens is 1. The van der Waals surface area contributed by atoms with Crippen molar-refractivity contribution in [3.05, 3.63) is 0 Å². The molecule has 0 fully saturated rings. The van der Waals surface area contributed by atoms with Gasteiger partial charge in [0.25, 0.3) is 0 Å². The lowest BCUT2D eigenvalue weighted by atomic mass is 10.5. The molecule has 0 aliphatic heterocycles. The van der Waals surface area contributed by atoms with Gasteiger partial charge in [-0.05, 0) is 25.4 Å². The van der Waals surface area contributed by atoms with Crippen LogP contribution < -0.4 is 0 Å². The molecule has 3 heteroatoms. The van der Waals surface area contributed by atoms with Gasteiger partial charge in [-0.15, -0.1) is 0 Å². The molecule has 0 saturated carbocycles. The molecule has 0 aromatic carbocycles. The van der Waals surface area contributed by atoms with Gasteiger partial charge >= 0.3 is 0 Å². The van der Waals surface area contributed by atoms with Crippen molar-refractivity contribution in [2.24, 2.45) is 0 Å². The first kappa shape index (κ1) is 14.7. The minimum absolute atomic E-state index is 0.634. The van der Waals surface area contributed by atoms with Gasteiger partial charge in [-0.2, -0.15) is 0 Å². The van der Waals surface area contributed by atoms with Gasteiger partial charge in [-0.1, -0.05) is 49.5 Å². The molecule has 0 saturated heterocycles. The van der Waals surface area contributed by atoms with Crippen molar-refractivity contribution in [3.63, 3.8) is 0 Å². The molecule has 0 rings (SSSR count). The summed E-state index contributed by atoms with van der Waals surface area (Å²) in [6.45, 7) is 9.81. The fourth-order valence-electron chi connectivity index (χ4n) is 2.18. The monoisotopic (exact) mass is 280 g/mol. The first-order valence-corrected chi connectivity index (χ1v) is 9.26. The summed E-state index contributed by atoms with van der Waals surface area (Å²) in [6.07, 6.45) is 3.72. The van der Waals surface area contributed by atoms with Gasteiger partial charge in [-0.3, -0.25) is 0 Å². The van der Waals surface area contributed by atoms with Crippen molar-refractivity contribution in [1.82, 2.24) is 0 Å². The van der Waals surface area contributed by atoms with Crippen LogP contribution in [0.4, 0.5) is 0 Å². The van der Waals surface area contributed by atoms with Crippen LogP contribution in [0.5, 0.6) is 0 Å². The maximum Gasteiger partial charge on any atom is 0.206 e. The summed E-state index contributed by atoms with van der Waals surface area (Å²) in [4.78, 5) is 0. The van der Waals surface area contributed by atoms with Gasteiger partial charge in [0, 0.05) is 11.1 Å². The SMILES string of the molecule is CCC[Si](CCC)(OCC)C(Br)CC. The first-order chi connectivity index (χ1) is 6.66. The van der Waals surface area contributed by atoms with E-state index >= 15 is 0 Å². The molecule has 14 heavy (non-hydrogen) atoms. The van der Waals surface area contributed by atoms with E-state index < -0.39 is 8.32 Å². The van der Waals surface area contributed by atoms with E-state index in [2.05, 4.69) is 43.6 Å². The van der Waals surface area contributed by atoms with Gasteiger partial charge in [0.2, 0.25) is 8.32 Å². The van der Waals surface area contributed by atoms with Gasteiger partial charge in [0.15, 0.2) is 0 Å². The average Bonchev–Trinajstić information content (AvgIpc) is 2.17. The highest BCUT2D eigenvalue weighted by Gasteiger charge is 2.39. The van der Waals surface area contributed by atoms with E-state index in [9.17, 15) is 0 Å². The van der Waals surface area contributed by atoms with Crippen LogP contribution in [0.15, 0.2) is 0 Å². The van der Waals surface area contributed by atoms with Gasteiger partial charge in [-0.25, -0.2) is 0 Å². The van der Waals surface area contributed by atoms with E-state index in [4.69, 9.17) is 4.43 Å². The van der Waals surface area contributed by atoms with Crippen molar-refractivity contribution < 1.29 is 4.43 Å². The molecule has 1 unspecified atom stereocenters. The normalized spacial score (nSPS) is 14.4. The van der Waals surface area contributed by atoms with Crippen molar-refractivity contribution in [3.8, 4) is 0 Å². The summed E-state index contributed by atoms with van der Waals surface area (Å²) < 4.78 is 6.79. The zero-order chi connectivity index (χ0) is 11.0. The first-order valence-electron chi connectivity index (χ1n) is 5.94. The van der Waals surface area contributed by atoms with E-state index in [0.717, 1.165) is 6.61 Å². The van der Waals surface area contributed by atoms with E-state index in [0.29, 0.717) is 4.45 Å². The third-order valence-electron chi connectivity index (χ3n) is 2.71. The lowest BCUT2D eigenvalue weighted by Crippen LogP contribution is -2.47.